The molecule has 0 aliphatic rings. The van der Waals surface area contributed by atoms with E-state index in [2.05, 4.69) is 546 Å². The third-order valence-corrected chi connectivity index (χ3v) is 46.4. The van der Waals surface area contributed by atoms with Crippen LogP contribution >= 0.6 is 42.3 Å². The first-order chi connectivity index (χ1) is 64.0. The van der Waals surface area contributed by atoms with E-state index >= 15 is 0 Å². The third-order valence-electron chi connectivity index (χ3n) is 21.1. The van der Waals surface area contributed by atoms with Gasteiger partial charge in [-0.05, 0) is 224 Å². The van der Waals surface area contributed by atoms with E-state index in [0.717, 1.165) is 0 Å². The van der Waals surface area contributed by atoms with E-state index in [1.54, 1.807) is 0 Å². The first-order valence-electron chi connectivity index (χ1n) is 40.9. The van der Waals surface area contributed by atoms with E-state index in [0.29, 0.717) is 0 Å². The maximum absolute atomic E-state index is 7.25. The zero-order chi connectivity index (χ0) is 91.2. The van der Waals surface area contributed by atoms with Crippen LogP contribution in [-0.4, -0.2) is 5.26 Å². The van der Waals surface area contributed by atoms with Gasteiger partial charge in [0.1, 0.15) is 0 Å². The number of benzene rings is 18. The molecule has 0 saturated heterocycles. The molecule has 0 aliphatic heterocycles. The van der Waals surface area contributed by atoms with Crippen molar-refractivity contribution in [1.29, 1.82) is 26.3 Å². The van der Waals surface area contributed by atoms with Crippen molar-refractivity contribution in [2.75, 3.05) is 0 Å². The Morgan fingerprint density at radius 1 is 0.123 bits per heavy atom. The molecule has 0 bridgehead atoms. The summed E-state index contributed by atoms with van der Waals surface area (Å²) in [6.45, 7) is 23.8. The van der Waals surface area contributed by atoms with E-state index in [9.17, 15) is 0 Å². The Morgan fingerprint density at radius 2 is 0.169 bits per heavy atom. The van der Waals surface area contributed by atoms with Gasteiger partial charge in [0.05, 0.1) is 95.5 Å². The fourth-order valence-corrected chi connectivity index (χ4v) is 44.3. The maximum Gasteiger partial charge on any atom is 2.00 e. The standard InChI is InChI=1S/3C36H30NP2.5CN.Co.HO2/c3*1-7-19-31(20-8-1)38(32-21-9-2-10-22-32,33-23-11-3-12-24-33)37-39(34-25-13-4-14-26-34,35-27-15-5-16-28-35)36-29-17-6-18-30-36;5*1-2;;1-2/h3*1-30H;;;;;;;1H/q3*+1;5*-1;+2;. The monoisotopic (exact) mass is 1840 g/mol. The zero-order valence-corrected chi connectivity index (χ0v) is 77.3. The van der Waals surface area contributed by atoms with Crippen molar-refractivity contribution in [1.82, 2.24) is 12.5 Å². The Labute approximate surface area is 776 Å². The van der Waals surface area contributed by atoms with Crippen molar-refractivity contribution < 1.29 is 27.3 Å². The van der Waals surface area contributed by atoms with E-state index in [-0.39, 0.29) is 16.8 Å². The van der Waals surface area contributed by atoms with Gasteiger partial charge in [-0.3, -0.25) is 0 Å². The van der Waals surface area contributed by atoms with E-state index in [1.165, 1.54) is 95.5 Å². The maximum atomic E-state index is 7.25. The molecule has 18 aromatic carbocycles. The normalized spacial score (nSPS) is 10.5. The van der Waals surface area contributed by atoms with Crippen LogP contribution in [0.4, 0.5) is 0 Å². The second-order valence-corrected chi connectivity index (χ2v) is 47.2. The van der Waals surface area contributed by atoms with Gasteiger partial charge in [-0.1, -0.05) is 328 Å². The summed E-state index contributed by atoms with van der Waals surface area (Å²) in [5.41, 5.74) is 0. The number of hydrogen-bond donors (Lipinski definition) is 1. The van der Waals surface area contributed by atoms with E-state index in [1.807, 2.05) is 0 Å². The fourth-order valence-electron chi connectivity index (χ4n) is 15.8. The van der Waals surface area contributed by atoms with Gasteiger partial charge in [-0.15, -0.1) is 12.5 Å². The molecule has 18 rings (SSSR count). The summed E-state index contributed by atoms with van der Waals surface area (Å²) in [5, 5.41) is 66.9. The Balaban J connectivity index is 0.000000207. The molecule has 0 heterocycles. The SMILES string of the molecule is [C-]#N.[C-]#N.[C-]#N.[C-]#N.[C-]#N.[Co+2].[O]O.c1ccc(P(=[N+]=P(c2ccccc2)(c2ccccc2)c2ccccc2)(c2ccccc2)c2ccccc2)cc1.c1ccc(P(=[N+]=P(c2ccccc2)(c2ccccc2)c2ccccc2)(c2ccccc2)c2ccccc2)cc1.c1ccc(P(=[N+]=P(c2ccccc2)(c2ccccc2)c2ccccc2)(c2ccccc2)c2ccccc2)cc1. The van der Waals surface area contributed by atoms with Crippen molar-refractivity contribution in [3.8, 4) is 0 Å². The number of rotatable bonds is 18. The van der Waals surface area contributed by atoms with Crippen LogP contribution in [0, 0.1) is 59.2 Å². The van der Waals surface area contributed by atoms with Gasteiger partial charge in [0.25, 0.3) is 0 Å². The van der Waals surface area contributed by atoms with Gasteiger partial charge < -0.3 is 59.2 Å². The summed E-state index contributed by atoms with van der Waals surface area (Å²) in [6.07, 6.45) is 0. The Kier molecular flexibility index (Phi) is 39.7. The third kappa shape index (κ3) is 22.0. The van der Waals surface area contributed by atoms with Gasteiger partial charge in [0, 0.05) is 0 Å². The average molecular weight is 1840 g/mol. The Morgan fingerprint density at radius 3 is 0.215 bits per heavy atom. The van der Waals surface area contributed by atoms with Crippen LogP contribution in [-0.2, 0) is 22.0 Å². The minimum absolute atomic E-state index is 0. The van der Waals surface area contributed by atoms with Crippen LogP contribution in [0.5, 0.6) is 0 Å². The smallest absolute Gasteiger partial charge is 0.512 e. The van der Waals surface area contributed by atoms with Gasteiger partial charge in [-0.2, -0.15) is 0 Å². The summed E-state index contributed by atoms with van der Waals surface area (Å²) in [5.74, 6) is 0. The van der Waals surface area contributed by atoms with Crippen LogP contribution in [0.25, 0.3) is 0 Å². The predicted molar refractivity (Wildman–Crippen MR) is 545 cm³/mol. The van der Waals surface area contributed by atoms with E-state index < -0.39 is 42.3 Å². The van der Waals surface area contributed by atoms with Crippen LogP contribution in [0.15, 0.2) is 546 Å². The summed E-state index contributed by atoms with van der Waals surface area (Å²) < 4.78 is 19.1. The molecule has 2 radical (unpaired) electrons. The summed E-state index contributed by atoms with van der Waals surface area (Å²) in [7, 11) is -15.0. The van der Waals surface area contributed by atoms with Gasteiger partial charge in [0.2, 0.25) is 0 Å². The van der Waals surface area contributed by atoms with Crippen molar-refractivity contribution in [2.24, 2.45) is 0 Å². The molecule has 0 unspecified atom stereocenters. The first kappa shape index (κ1) is 99.3. The molecule has 0 amide bonds. The molecule has 130 heavy (non-hydrogen) atoms. The molecule has 0 aromatic heterocycles. The molecule has 0 aliphatic carbocycles. The summed E-state index contributed by atoms with van der Waals surface area (Å²) in [4.78, 5) is 0. The molecule has 1 N–H and O–H groups in total. The minimum Gasteiger partial charge on any atom is -0.512 e. The van der Waals surface area contributed by atoms with E-state index in [4.69, 9.17) is 82.2 Å². The summed E-state index contributed by atoms with van der Waals surface area (Å²) >= 11 is 0. The summed E-state index contributed by atoms with van der Waals surface area (Å²) in [6, 6.07) is 197. The van der Waals surface area contributed by atoms with Gasteiger partial charge in [-0.25, -0.2) is 5.26 Å². The van der Waals surface area contributed by atoms with Crippen LogP contribution in [0.3, 0.4) is 0 Å². The molecular weight excluding hydrogens is 1750 g/mol. The quantitative estimate of drug-likeness (QED) is 0.0291. The molecule has 17 heteroatoms. The molecule has 0 fully saturated rings. The fraction of sp³-hybridized carbons (Fsp3) is 0. The topological polar surface area (TPSA) is 201 Å². The Hall–Kier alpha value is -14.5. The average Bonchev–Trinajstić information content (AvgIpc) is 0.727. The molecule has 0 saturated carbocycles. The van der Waals surface area contributed by atoms with Crippen LogP contribution < -0.4 is 108 Å². The number of nitrogens with zero attached hydrogens (tertiary/aromatic N) is 8. The second kappa shape index (κ2) is 52.0. The molecule has 0 spiro atoms. The first-order valence-corrected chi connectivity index (χ1v) is 51.4. The van der Waals surface area contributed by atoms with Crippen LogP contribution in [0.2, 0.25) is 0 Å². The predicted octanol–water partition coefficient (Wildman–Crippen LogP) is 19.6. The van der Waals surface area contributed by atoms with Gasteiger partial charge in [0.15, 0.2) is 0 Å². The number of hydrogen-bond acceptors (Lipinski definition) is 6. The molecule has 10 nitrogen and oxygen atoms in total. The Bertz CT molecular complexity index is 5210. The van der Waals surface area contributed by atoms with Crippen molar-refractivity contribution >= 4 is 138 Å². The minimum atomic E-state index is -2.50. The van der Waals surface area contributed by atoms with Crippen molar-refractivity contribution in [3.05, 3.63) is 579 Å². The van der Waals surface area contributed by atoms with Crippen molar-refractivity contribution in [2.45, 2.75) is 0 Å². The largest absolute Gasteiger partial charge is 2.00 e. The van der Waals surface area contributed by atoms with Gasteiger partial charge >= 0.3 is 59.1 Å². The molecule has 18 aromatic rings. The van der Waals surface area contributed by atoms with Crippen LogP contribution in [0.1, 0.15) is 0 Å². The molecule has 634 valence electrons. The molecule has 0 atom stereocenters. The van der Waals surface area contributed by atoms with Crippen molar-refractivity contribution in [3.63, 3.8) is 0 Å². The zero-order valence-electron chi connectivity index (χ0n) is 70.9. The molecular formula is C113H91CoN8O2P6. The second-order valence-electron chi connectivity index (χ2n) is 28.1.